The van der Waals surface area contributed by atoms with Crippen LogP contribution >= 0.6 is 11.8 Å². The Morgan fingerprint density at radius 2 is 1.18 bits per heavy atom. The van der Waals surface area contributed by atoms with Gasteiger partial charge in [-0.05, 0) is 126 Å². The SMILES string of the molecule is CC(C)[C@H](NC(=O)[C@H](CC(=O)OC(C)(C)C)NC(=O)[C@H](CCCCNC(=O)CCCCCNC(=O)CCCC[C@@H]1SC[C@@H]2NC(=O)N[C@@H]21)NC(=O)[C@H](CCCN=C(N)N)NC(=O)OC(C)(C)C)C(=O)OC(C)(C)C. The molecule has 0 aromatic rings. The fourth-order valence-corrected chi connectivity index (χ4v) is 9.42. The summed E-state index contributed by atoms with van der Waals surface area (Å²) in [6, 6.07) is -5.06. The number of fused-ring (bicyclic) bond motifs is 1. The van der Waals surface area contributed by atoms with Gasteiger partial charge in [0.2, 0.25) is 29.5 Å². The molecular formula is C50H89N11O12S. The number of nitrogens with two attached hydrogens (primary N) is 2. The number of unbranched alkanes of at least 4 members (excludes halogenated alkanes) is 4. The van der Waals surface area contributed by atoms with E-state index in [-0.39, 0.29) is 74.7 Å². The molecule has 2 aliphatic heterocycles. The van der Waals surface area contributed by atoms with Crippen LogP contribution in [0.4, 0.5) is 9.59 Å². The van der Waals surface area contributed by atoms with E-state index in [4.69, 9.17) is 25.7 Å². The second-order valence-electron chi connectivity index (χ2n) is 22.2. The van der Waals surface area contributed by atoms with E-state index in [1.54, 1.807) is 76.2 Å². The maximum absolute atomic E-state index is 14.3. The highest BCUT2D eigenvalue weighted by atomic mass is 32.2. The van der Waals surface area contributed by atoms with E-state index in [2.05, 4.69) is 47.5 Å². The van der Waals surface area contributed by atoms with Gasteiger partial charge in [-0.1, -0.05) is 26.7 Å². The predicted octanol–water partition coefficient (Wildman–Crippen LogP) is 2.81. The van der Waals surface area contributed by atoms with Crippen LogP contribution in [0.2, 0.25) is 0 Å². The molecule has 422 valence electrons. The zero-order valence-corrected chi connectivity index (χ0v) is 46.6. The first-order valence-corrected chi connectivity index (χ1v) is 27.1. The molecule has 0 bridgehead atoms. The van der Waals surface area contributed by atoms with Crippen LogP contribution in [0.3, 0.4) is 0 Å². The van der Waals surface area contributed by atoms with Gasteiger partial charge in [0.15, 0.2) is 5.96 Å². The summed E-state index contributed by atoms with van der Waals surface area (Å²) in [5, 5.41) is 22.6. The van der Waals surface area contributed by atoms with E-state index in [0.29, 0.717) is 37.5 Å². The largest absolute Gasteiger partial charge is 0.460 e. The number of thioether (sulfide) groups is 1. The third kappa shape index (κ3) is 27.7. The zero-order valence-electron chi connectivity index (χ0n) is 45.8. The molecule has 2 heterocycles. The summed E-state index contributed by atoms with van der Waals surface area (Å²) in [5.74, 6) is -3.94. The fraction of sp³-hybridized carbons (Fsp3) is 0.800. The topological polar surface area (TPSA) is 342 Å². The minimum atomic E-state index is -1.58. The molecule has 2 rings (SSSR count). The van der Waals surface area contributed by atoms with Crippen LogP contribution in [-0.4, -0.2) is 143 Å². The second kappa shape index (κ2) is 31.4. The molecule has 2 fully saturated rings. The molecule has 0 radical (unpaired) electrons. The fourth-order valence-electron chi connectivity index (χ4n) is 7.88. The second-order valence-corrected chi connectivity index (χ2v) is 23.5. The van der Waals surface area contributed by atoms with Gasteiger partial charge in [0, 0.05) is 43.5 Å². The van der Waals surface area contributed by atoms with Crippen molar-refractivity contribution in [3.63, 3.8) is 0 Å². The number of amides is 8. The number of esters is 2. The number of urea groups is 1. The van der Waals surface area contributed by atoms with E-state index >= 15 is 0 Å². The third-order valence-electron chi connectivity index (χ3n) is 11.4. The highest BCUT2D eigenvalue weighted by Gasteiger charge is 2.42. The number of carbonyl (C=O) groups is 9. The number of rotatable bonds is 31. The minimum Gasteiger partial charge on any atom is -0.460 e. The van der Waals surface area contributed by atoms with Crippen molar-refractivity contribution in [1.29, 1.82) is 0 Å². The first-order valence-electron chi connectivity index (χ1n) is 26.1. The van der Waals surface area contributed by atoms with Crippen LogP contribution in [0, 0.1) is 5.92 Å². The summed E-state index contributed by atoms with van der Waals surface area (Å²) in [6.45, 7) is 19.2. The Hall–Kier alpha value is -5.55. The van der Waals surface area contributed by atoms with E-state index < -0.39 is 89.1 Å². The molecule has 23 nitrogen and oxygen atoms in total. The van der Waals surface area contributed by atoms with Crippen molar-refractivity contribution in [2.24, 2.45) is 22.4 Å². The summed E-state index contributed by atoms with van der Waals surface area (Å²) >= 11 is 1.86. The Morgan fingerprint density at radius 1 is 0.649 bits per heavy atom. The van der Waals surface area contributed by atoms with Crippen molar-refractivity contribution in [3.05, 3.63) is 0 Å². The maximum Gasteiger partial charge on any atom is 0.408 e. The van der Waals surface area contributed by atoms with Crippen molar-refractivity contribution in [2.75, 3.05) is 25.4 Å². The number of carbonyl (C=O) groups excluding carboxylic acids is 9. The number of ether oxygens (including phenoxy) is 3. The summed E-state index contributed by atoms with van der Waals surface area (Å²) in [6.07, 6.45) is 4.82. The Bertz CT molecular complexity index is 1910. The molecule has 0 saturated carbocycles. The van der Waals surface area contributed by atoms with Gasteiger partial charge in [0.05, 0.1) is 18.5 Å². The molecule has 7 atom stereocenters. The Morgan fingerprint density at radius 3 is 1.74 bits per heavy atom. The monoisotopic (exact) mass is 1070 g/mol. The lowest BCUT2D eigenvalue weighted by molar-refractivity contribution is -0.160. The van der Waals surface area contributed by atoms with E-state index in [1.807, 2.05) is 11.8 Å². The number of nitrogens with zero attached hydrogens (tertiary/aromatic N) is 1. The van der Waals surface area contributed by atoms with Crippen molar-refractivity contribution in [1.82, 2.24) is 42.5 Å². The summed E-state index contributed by atoms with van der Waals surface area (Å²) < 4.78 is 16.4. The summed E-state index contributed by atoms with van der Waals surface area (Å²) in [5.41, 5.74) is 8.23. The molecule has 0 aliphatic carbocycles. The number of hydrogen-bond acceptors (Lipinski definition) is 14. The Labute approximate surface area is 442 Å². The van der Waals surface area contributed by atoms with Crippen LogP contribution in [0.25, 0.3) is 0 Å². The molecular weight excluding hydrogens is 979 g/mol. The number of alkyl carbamates (subject to hydrolysis) is 1. The Kier molecular flexibility index (Phi) is 27.4. The predicted molar refractivity (Wildman–Crippen MR) is 282 cm³/mol. The molecule has 0 unspecified atom stereocenters. The lowest BCUT2D eigenvalue weighted by Gasteiger charge is -2.29. The lowest BCUT2D eigenvalue weighted by Crippen LogP contribution is -2.59. The first kappa shape index (κ1) is 64.6. The van der Waals surface area contributed by atoms with Gasteiger partial charge in [0.1, 0.15) is 41.0 Å². The van der Waals surface area contributed by atoms with Gasteiger partial charge in [-0.25, -0.2) is 14.4 Å². The van der Waals surface area contributed by atoms with Crippen molar-refractivity contribution >= 4 is 71.3 Å². The molecule has 0 aromatic heterocycles. The third-order valence-corrected chi connectivity index (χ3v) is 12.9. The van der Waals surface area contributed by atoms with Crippen LogP contribution in [-0.2, 0) is 47.8 Å². The van der Waals surface area contributed by atoms with Crippen LogP contribution < -0.4 is 54.0 Å². The average Bonchev–Trinajstić information content (AvgIpc) is 3.82. The van der Waals surface area contributed by atoms with Gasteiger partial charge < -0.3 is 68.2 Å². The van der Waals surface area contributed by atoms with Crippen molar-refractivity contribution < 1.29 is 57.4 Å². The maximum atomic E-state index is 14.3. The van der Waals surface area contributed by atoms with Gasteiger partial charge in [-0.3, -0.25) is 33.8 Å². The molecule has 2 saturated heterocycles. The van der Waals surface area contributed by atoms with E-state index in [0.717, 1.165) is 37.9 Å². The Balaban J connectivity index is 2.09. The summed E-state index contributed by atoms with van der Waals surface area (Å²) in [7, 11) is 0. The molecule has 8 amide bonds. The van der Waals surface area contributed by atoms with Crippen molar-refractivity contribution in [2.45, 2.75) is 224 Å². The number of guanidine groups is 1. The van der Waals surface area contributed by atoms with Gasteiger partial charge in [-0.15, -0.1) is 0 Å². The van der Waals surface area contributed by atoms with Crippen LogP contribution in [0.5, 0.6) is 0 Å². The molecule has 12 N–H and O–H groups in total. The standard InChI is InChI=1S/C50H89N11O12S/c1-30(2)39(44(68)72-49(6,7)8)60-43(67)33(28-38(64)71-48(3,4)5)57-41(65)31(56-42(66)32(21-19-27-55-45(51)52)59-47(70)73-50(9,10)11)20-16-18-26-54-36(62)23-13-12-17-25-53-37(63)24-15-14-22-35-40-34(29-74-35)58-46(69)61-40/h30-35,39-40H,12-29H2,1-11H3,(H,53,63)(H,54,62)(H,56,66)(H,57,65)(H,59,70)(H,60,67)(H4,51,52,55)(H2,58,61,69)/t31-,32-,33-,34-,35-,39-,40-/m0/s1. The molecule has 74 heavy (non-hydrogen) atoms. The van der Waals surface area contributed by atoms with Gasteiger partial charge >= 0.3 is 24.1 Å². The van der Waals surface area contributed by atoms with Gasteiger partial charge in [-0.2, -0.15) is 11.8 Å². The normalized spacial score (nSPS) is 17.9. The average molecular weight is 1070 g/mol. The smallest absolute Gasteiger partial charge is 0.408 e. The summed E-state index contributed by atoms with van der Waals surface area (Å²) in [4.78, 5) is 122. The lowest BCUT2D eigenvalue weighted by atomic mass is 10.0. The van der Waals surface area contributed by atoms with Crippen molar-refractivity contribution in [3.8, 4) is 0 Å². The molecule has 24 heteroatoms. The quantitative estimate of drug-likeness (QED) is 0.0119. The molecule has 0 spiro atoms. The van der Waals surface area contributed by atoms with E-state index in [1.165, 1.54) is 0 Å². The molecule has 2 aliphatic rings. The molecule has 0 aromatic carbocycles. The van der Waals surface area contributed by atoms with Crippen LogP contribution in [0.1, 0.15) is 166 Å². The number of aliphatic imine (C=N–C) groups is 1. The first-order chi connectivity index (χ1) is 34.4. The van der Waals surface area contributed by atoms with E-state index in [9.17, 15) is 43.2 Å². The van der Waals surface area contributed by atoms with Gasteiger partial charge in [0.25, 0.3) is 0 Å². The highest BCUT2D eigenvalue weighted by Crippen LogP contribution is 2.33. The number of nitrogens with one attached hydrogen (secondary N) is 8. The zero-order chi connectivity index (χ0) is 55.8. The minimum absolute atomic E-state index is 0.00252. The van der Waals surface area contributed by atoms with Crippen LogP contribution in [0.15, 0.2) is 4.99 Å². The highest BCUT2D eigenvalue weighted by molar-refractivity contribution is 8.00. The number of hydrogen-bond donors (Lipinski definition) is 10.